The highest BCUT2D eigenvalue weighted by molar-refractivity contribution is 5.18. The summed E-state index contributed by atoms with van der Waals surface area (Å²) in [6.07, 6.45) is 2.19. The van der Waals surface area contributed by atoms with E-state index in [2.05, 4.69) is 36.5 Å². The van der Waals surface area contributed by atoms with Crippen molar-refractivity contribution >= 4 is 0 Å². The van der Waals surface area contributed by atoms with Gasteiger partial charge in [0, 0.05) is 19.7 Å². The minimum Gasteiger partial charge on any atom is -0.389 e. The molecule has 0 aliphatic heterocycles. The predicted octanol–water partition coefficient (Wildman–Crippen LogP) is 2.17. The van der Waals surface area contributed by atoms with Gasteiger partial charge in [-0.1, -0.05) is 37.3 Å². The molecule has 2 atom stereocenters. The summed E-state index contributed by atoms with van der Waals surface area (Å²) in [5, 5.41) is 13.1. The fraction of sp³-hybridized carbons (Fsp3) is 0.625. The highest BCUT2D eigenvalue weighted by Gasteiger charge is 2.21. The van der Waals surface area contributed by atoms with Crippen molar-refractivity contribution in [3.8, 4) is 0 Å². The maximum atomic E-state index is 9.78. The quantitative estimate of drug-likeness (QED) is 0.717. The van der Waals surface area contributed by atoms with E-state index in [0.717, 1.165) is 19.1 Å². The molecule has 0 heterocycles. The second-order valence-electron chi connectivity index (χ2n) is 5.60. The molecule has 1 aliphatic carbocycles. The molecule has 0 saturated heterocycles. The summed E-state index contributed by atoms with van der Waals surface area (Å²) in [6.45, 7) is 4.94. The molecule has 1 fully saturated rings. The van der Waals surface area contributed by atoms with Gasteiger partial charge in [-0.3, -0.25) is 0 Å². The zero-order valence-corrected chi connectivity index (χ0v) is 11.7. The zero-order chi connectivity index (χ0) is 13.5. The van der Waals surface area contributed by atoms with Crippen molar-refractivity contribution in [3.63, 3.8) is 0 Å². The van der Waals surface area contributed by atoms with Crippen molar-refractivity contribution in [1.29, 1.82) is 0 Å². The largest absolute Gasteiger partial charge is 0.389 e. The van der Waals surface area contributed by atoms with E-state index in [1.165, 1.54) is 18.4 Å². The summed E-state index contributed by atoms with van der Waals surface area (Å²) < 4.78 is 5.47. The van der Waals surface area contributed by atoms with E-state index in [1.54, 1.807) is 0 Å². The van der Waals surface area contributed by atoms with Crippen molar-refractivity contribution in [2.75, 3.05) is 26.3 Å². The summed E-state index contributed by atoms with van der Waals surface area (Å²) in [5.41, 5.74) is 1.33. The number of aliphatic hydroxyl groups excluding tert-OH is 1. The molecule has 3 nitrogen and oxygen atoms in total. The zero-order valence-electron chi connectivity index (χ0n) is 11.7. The number of nitrogens with one attached hydrogen (secondary N) is 1. The van der Waals surface area contributed by atoms with Gasteiger partial charge < -0.3 is 15.2 Å². The summed E-state index contributed by atoms with van der Waals surface area (Å²) in [5.74, 6) is 1.22. The molecule has 0 spiro atoms. The first-order chi connectivity index (χ1) is 9.25. The summed E-state index contributed by atoms with van der Waals surface area (Å²) >= 11 is 0. The van der Waals surface area contributed by atoms with Gasteiger partial charge in [-0.25, -0.2) is 0 Å². The lowest BCUT2D eigenvalue weighted by molar-refractivity contribution is 0.0325. The van der Waals surface area contributed by atoms with Crippen LogP contribution >= 0.6 is 0 Å². The Hall–Kier alpha value is -0.900. The Balaban J connectivity index is 1.54. The first-order valence-corrected chi connectivity index (χ1v) is 7.27. The van der Waals surface area contributed by atoms with E-state index in [4.69, 9.17) is 4.74 Å². The van der Waals surface area contributed by atoms with Crippen molar-refractivity contribution in [2.24, 2.45) is 5.92 Å². The van der Waals surface area contributed by atoms with Crippen molar-refractivity contribution in [1.82, 2.24) is 5.32 Å². The van der Waals surface area contributed by atoms with Gasteiger partial charge in [-0.15, -0.1) is 0 Å². The Morgan fingerprint density at radius 3 is 2.68 bits per heavy atom. The van der Waals surface area contributed by atoms with Gasteiger partial charge in [-0.05, 0) is 30.2 Å². The summed E-state index contributed by atoms with van der Waals surface area (Å²) in [7, 11) is 0. The van der Waals surface area contributed by atoms with Gasteiger partial charge >= 0.3 is 0 Å². The lowest BCUT2D eigenvalue weighted by Crippen LogP contribution is -2.32. The Bertz CT molecular complexity index is 351. The van der Waals surface area contributed by atoms with E-state index in [9.17, 15) is 5.11 Å². The van der Waals surface area contributed by atoms with Crippen LogP contribution in [0.3, 0.4) is 0 Å². The molecular weight excluding hydrogens is 238 g/mol. The van der Waals surface area contributed by atoms with Crippen LogP contribution in [0, 0.1) is 5.92 Å². The monoisotopic (exact) mass is 263 g/mol. The standard InChI is InChI=1S/C16H25NO2/c1-13(15-5-3-2-4-6-15)9-17-10-16(18)12-19-11-14-7-8-14/h2-6,13-14,16-18H,7-12H2,1H3. The highest BCUT2D eigenvalue weighted by Crippen LogP contribution is 2.28. The normalized spacial score (nSPS) is 18.2. The van der Waals surface area contributed by atoms with Crippen molar-refractivity contribution in [3.05, 3.63) is 35.9 Å². The van der Waals surface area contributed by atoms with Crippen molar-refractivity contribution < 1.29 is 9.84 Å². The maximum Gasteiger partial charge on any atom is 0.0897 e. The Labute approximate surface area is 116 Å². The van der Waals surface area contributed by atoms with E-state index in [-0.39, 0.29) is 0 Å². The topological polar surface area (TPSA) is 41.5 Å². The molecule has 1 aliphatic rings. The second kappa shape index (κ2) is 7.63. The molecule has 0 aromatic heterocycles. The molecule has 0 radical (unpaired) electrons. The Morgan fingerprint density at radius 1 is 1.26 bits per heavy atom. The number of rotatable bonds is 9. The molecule has 106 valence electrons. The fourth-order valence-electron chi connectivity index (χ4n) is 2.08. The van der Waals surface area contributed by atoms with Gasteiger partial charge in [0.05, 0.1) is 12.7 Å². The van der Waals surface area contributed by atoms with Crippen LogP contribution in [0.25, 0.3) is 0 Å². The van der Waals surface area contributed by atoms with Crippen LogP contribution in [0.4, 0.5) is 0 Å². The van der Waals surface area contributed by atoms with Gasteiger partial charge in [0.15, 0.2) is 0 Å². The SMILES string of the molecule is CC(CNCC(O)COCC1CC1)c1ccccc1. The maximum absolute atomic E-state index is 9.78. The average molecular weight is 263 g/mol. The molecule has 2 N–H and O–H groups in total. The number of hydrogen-bond donors (Lipinski definition) is 2. The summed E-state index contributed by atoms with van der Waals surface area (Å²) in [4.78, 5) is 0. The fourth-order valence-corrected chi connectivity index (χ4v) is 2.08. The number of aliphatic hydroxyl groups is 1. The minimum atomic E-state index is -0.401. The van der Waals surface area contributed by atoms with Crippen LogP contribution < -0.4 is 5.32 Å². The van der Waals surface area contributed by atoms with Crippen LogP contribution in [0.2, 0.25) is 0 Å². The molecule has 1 aromatic carbocycles. The summed E-state index contributed by atoms with van der Waals surface area (Å²) in [6, 6.07) is 10.4. The first-order valence-electron chi connectivity index (χ1n) is 7.27. The third-order valence-corrected chi connectivity index (χ3v) is 3.56. The lowest BCUT2D eigenvalue weighted by atomic mass is 10.0. The molecule has 0 bridgehead atoms. The van der Waals surface area contributed by atoms with Crippen LogP contribution in [0.15, 0.2) is 30.3 Å². The Kier molecular flexibility index (Phi) is 5.83. The third-order valence-electron chi connectivity index (χ3n) is 3.56. The van der Waals surface area contributed by atoms with E-state index in [1.807, 2.05) is 6.07 Å². The number of ether oxygens (including phenoxy) is 1. The smallest absolute Gasteiger partial charge is 0.0897 e. The number of benzene rings is 1. The van der Waals surface area contributed by atoms with Crippen LogP contribution in [0.1, 0.15) is 31.2 Å². The molecule has 1 saturated carbocycles. The van der Waals surface area contributed by atoms with Gasteiger partial charge in [0.2, 0.25) is 0 Å². The van der Waals surface area contributed by atoms with Crippen molar-refractivity contribution in [2.45, 2.75) is 31.8 Å². The molecule has 2 rings (SSSR count). The lowest BCUT2D eigenvalue weighted by Gasteiger charge is -2.16. The molecule has 0 amide bonds. The third kappa shape index (κ3) is 5.72. The molecule has 2 unspecified atom stereocenters. The molecule has 3 heteroatoms. The van der Waals surface area contributed by atoms with Crippen LogP contribution in [0.5, 0.6) is 0 Å². The van der Waals surface area contributed by atoms with Crippen LogP contribution in [-0.2, 0) is 4.74 Å². The van der Waals surface area contributed by atoms with E-state index < -0.39 is 6.10 Å². The Morgan fingerprint density at radius 2 is 2.00 bits per heavy atom. The predicted molar refractivity (Wildman–Crippen MR) is 77.3 cm³/mol. The average Bonchev–Trinajstić information content (AvgIpc) is 3.24. The van der Waals surface area contributed by atoms with Gasteiger partial charge in [0.25, 0.3) is 0 Å². The molecule has 1 aromatic rings. The van der Waals surface area contributed by atoms with Gasteiger partial charge in [0.1, 0.15) is 0 Å². The minimum absolute atomic E-state index is 0.401. The molecular formula is C16H25NO2. The van der Waals surface area contributed by atoms with Crippen LogP contribution in [-0.4, -0.2) is 37.5 Å². The number of hydrogen-bond acceptors (Lipinski definition) is 3. The highest BCUT2D eigenvalue weighted by atomic mass is 16.5. The molecule has 19 heavy (non-hydrogen) atoms. The second-order valence-corrected chi connectivity index (χ2v) is 5.60. The van der Waals surface area contributed by atoms with Gasteiger partial charge in [-0.2, -0.15) is 0 Å². The van der Waals surface area contributed by atoms with E-state index in [0.29, 0.717) is 19.1 Å². The van der Waals surface area contributed by atoms with E-state index >= 15 is 0 Å². The first kappa shape index (κ1) is 14.5.